The maximum atomic E-state index is 14.2. The van der Waals surface area contributed by atoms with Gasteiger partial charge in [0.25, 0.3) is 0 Å². The number of esters is 1. The van der Waals surface area contributed by atoms with Gasteiger partial charge in [-0.25, -0.2) is 0 Å². The monoisotopic (exact) mass is 749 g/mol. The molecule has 0 aromatic heterocycles. The fourth-order valence-corrected chi connectivity index (χ4v) is 8.74. The summed E-state index contributed by atoms with van der Waals surface area (Å²) < 4.78 is 37.5. The number of methoxy groups -OCH3 is 1. The SMILES string of the molecule is CC[C@H]1OC(=O)[C@H](C)[C@@H](O[C@H]2C[C@@](C)(OC)[C@@H](O)[C@H](C)O2)[C@H](C)[C@@H](O[C@@H]2O[C@H](C)C[C@H](N(C)C)[C@H]2O)[C@@](C)(O)C[C@@H](C)CN(C)[C@H](C)[C@@H](O)[C@@]1(C)O. The molecule has 14 heteroatoms. The first kappa shape index (κ1) is 45.4. The normalized spacial score (nSPS) is 49.6. The van der Waals surface area contributed by atoms with Crippen LogP contribution >= 0.6 is 0 Å². The molecule has 52 heavy (non-hydrogen) atoms. The molecule has 0 unspecified atom stereocenters. The van der Waals surface area contributed by atoms with E-state index in [1.807, 2.05) is 51.7 Å². The summed E-state index contributed by atoms with van der Waals surface area (Å²) in [6, 6.07) is -0.808. The molecule has 306 valence electrons. The summed E-state index contributed by atoms with van der Waals surface area (Å²) in [5.74, 6) is -2.58. The first-order chi connectivity index (χ1) is 23.9. The molecule has 5 N–H and O–H groups in total. The van der Waals surface area contributed by atoms with Gasteiger partial charge in [0.05, 0.1) is 41.5 Å². The molecule has 0 radical (unpaired) electrons. The highest BCUT2D eigenvalue weighted by atomic mass is 16.7. The number of carbonyl (C=O) groups is 1. The Morgan fingerprint density at radius 2 is 1.56 bits per heavy atom. The Kier molecular flexibility index (Phi) is 15.6. The number of aliphatic hydroxyl groups excluding tert-OH is 3. The fraction of sp³-hybridized carbons (Fsp3) is 0.974. The summed E-state index contributed by atoms with van der Waals surface area (Å²) in [6.45, 7) is 18.0. The lowest BCUT2D eigenvalue weighted by atomic mass is 9.77. The smallest absolute Gasteiger partial charge is 0.311 e. The maximum Gasteiger partial charge on any atom is 0.311 e. The number of likely N-dealkylation sites (N-methyl/N-ethyl adjacent to an activating group) is 2. The maximum absolute atomic E-state index is 14.2. The van der Waals surface area contributed by atoms with E-state index in [9.17, 15) is 30.3 Å². The molecule has 0 saturated carbocycles. The van der Waals surface area contributed by atoms with Gasteiger partial charge >= 0.3 is 5.97 Å². The zero-order chi connectivity index (χ0) is 39.7. The highest BCUT2D eigenvalue weighted by Crippen LogP contribution is 2.40. The van der Waals surface area contributed by atoms with Crippen molar-refractivity contribution in [3.8, 4) is 0 Å². The van der Waals surface area contributed by atoms with Crippen LogP contribution in [0.5, 0.6) is 0 Å². The van der Waals surface area contributed by atoms with E-state index in [1.165, 1.54) is 14.0 Å². The summed E-state index contributed by atoms with van der Waals surface area (Å²) in [5, 5.41) is 58.1. The van der Waals surface area contributed by atoms with E-state index < -0.39 is 96.0 Å². The van der Waals surface area contributed by atoms with E-state index in [2.05, 4.69) is 0 Å². The molecule has 14 nitrogen and oxygen atoms in total. The number of ether oxygens (including phenoxy) is 6. The molecule has 3 rings (SSSR count). The predicted octanol–water partition coefficient (Wildman–Crippen LogP) is 1.90. The highest BCUT2D eigenvalue weighted by Gasteiger charge is 2.52. The van der Waals surface area contributed by atoms with Crippen molar-refractivity contribution in [2.75, 3.05) is 34.8 Å². The Hall–Kier alpha value is -1.01. The van der Waals surface area contributed by atoms with Gasteiger partial charge < -0.3 is 63.8 Å². The van der Waals surface area contributed by atoms with Crippen LogP contribution in [0.3, 0.4) is 0 Å². The molecule has 3 saturated heterocycles. The van der Waals surface area contributed by atoms with E-state index in [-0.39, 0.29) is 37.3 Å². The molecule has 3 heterocycles. The van der Waals surface area contributed by atoms with E-state index in [4.69, 9.17) is 28.4 Å². The molecule has 0 amide bonds. The average Bonchev–Trinajstić information content (AvgIpc) is 3.05. The first-order valence-electron chi connectivity index (χ1n) is 19.1. The Bertz CT molecular complexity index is 1140. The molecule has 0 aromatic rings. The van der Waals surface area contributed by atoms with Gasteiger partial charge in [0.1, 0.15) is 30.0 Å². The Labute approximate surface area is 312 Å². The number of nitrogens with zero attached hydrogens (tertiary/aromatic N) is 2. The first-order valence-corrected chi connectivity index (χ1v) is 19.1. The van der Waals surface area contributed by atoms with Crippen LogP contribution in [-0.2, 0) is 33.2 Å². The van der Waals surface area contributed by atoms with Crippen LogP contribution in [0, 0.1) is 17.8 Å². The molecule has 0 spiro atoms. The molecular formula is C38H72N2O12. The Morgan fingerprint density at radius 3 is 2.12 bits per heavy atom. The standard InChI is InChI=1S/C38H72N2O12/c1-15-27-38(10,46)31(42)24(6)40(13)19-20(2)17-36(8,45)33(52-35-29(41)26(39(11)12)16-21(3)48-35)22(4)30(23(5)34(44)50-27)51-28-18-37(9,47-14)32(43)25(7)49-28/h20-33,35,41-43,45-46H,15-19H2,1-14H3/t20-,21-,22+,23-,24-,25+,26+,27-,28+,29-,30+,31-,32+,33-,35+,36+,37-,38+/m1/s1. The minimum atomic E-state index is -1.80. The number of hydrogen-bond donors (Lipinski definition) is 5. The van der Waals surface area contributed by atoms with Crippen LogP contribution in [0.2, 0.25) is 0 Å². The third kappa shape index (κ3) is 10.0. The molecular weight excluding hydrogens is 676 g/mol. The lowest BCUT2D eigenvalue weighted by Crippen LogP contribution is -2.60. The third-order valence-corrected chi connectivity index (χ3v) is 12.2. The van der Waals surface area contributed by atoms with Crippen LogP contribution < -0.4 is 0 Å². The van der Waals surface area contributed by atoms with Crippen molar-refractivity contribution in [3.05, 3.63) is 0 Å². The van der Waals surface area contributed by atoms with Crippen molar-refractivity contribution in [2.45, 2.75) is 185 Å². The van der Waals surface area contributed by atoms with Crippen molar-refractivity contribution >= 4 is 5.97 Å². The molecule has 3 aliphatic rings. The Morgan fingerprint density at radius 1 is 0.942 bits per heavy atom. The van der Waals surface area contributed by atoms with Crippen LogP contribution in [-0.4, -0.2) is 166 Å². The minimum Gasteiger partial charge on any atom is -0.459 e. The van der Waals surface area contributed by atoms with Crippen molar-refractivity contribution in [1.29, 1.82) is 0 Å². The second kappa shape index (κ2) is 17.8. The molecule has 18 atom stereocenters. The van der Waals surface area contributed by atoms with Crippen LogP contribution in [0.25, 0.3) is 0 Å². The summed E-state index contributed by atoms with van der Waals surface area (Å²) in [6.07, 6.45) is -8.19. The van der Waals surface area contributed by atoms with Gasteiger partial charge in [0.15, 0.2) is 12.6 Å². The number of hydrogen-bond acceptors (Lipinski definition) is 14. The number of rotatable bonds is 7. The zero-order valence-electron chi connectivity index (χ0n) is 34.2. The van der Waals surface area contributed by atoms with Crippen LogP contribution in [0.15, 0.2) is 0 Å². The topological polar surface area (TPSA) is 180 Å². The van der Waals surface area contributed by atoms with Gasteiger partial charge in [-0.05, 0) is 94.8 Å². The van der Waals surface area contributed by atoms with E-state index in [0.29, 0.717) is 13.0 Å². The van der Waals surface area contributed by atoms with E-state index in [0.717, 1.165) is 0 Å². The van der Waals surface area contributed by atoms with Gasteiger partial charge in [-0.15, -0.1) is 0 Å². The van der Waals surface area contributed by atoms with Gasteiger partial charge in [0.2, 0.25) is 0 Å². The van der Waals surface area contributed by atoms with Crippen LogP contribution in [0.4, 0.5) is 0 Å². The fourth-order valence-electron chi connectivity index (χ4n) is 8.74. The van der Waals surface area contributed by atoms with Crippen molar-refractivity contribution in [2.24, 2.45) is 17.8 Å². The number of cyclic esters (lactones) is 1. The summed E-state index contributed by atoms with van der Waals surface area (Å²) in [7, 11) is 7.12. The summed E-state index contributed by atoms with van der Waals surface area (Å²) in [4.78, 5) is 18.0. The lowest BCUT2D eigenvalue weighted by Gasteiger charge is -2.48. The van der Waals surface area contributed by atoms with E-state index in [1.54, 1.807) is 41.5 Å². The van der Waals surface area contributed by atoms with Crippen molar-refractivity contribution in [1.82, 2.24) is 9.80 Å². The van der Waals surface area contributed by atoms with Gasteiger partial charge in [-0.3, -0.25) is 4.79 Å². The third-order valence-electron chi connectivity index (χ3n) is 12.2. The second-order valence-corrected chi connectivity index (χ2v) is 17.2. The molecule has 0 aromatic carbocycles. The summed E-state index contributed by atoms with van der Waals surface area (Å²) >= 11 is 0. The Balaban J connectivity index is 2.17. The average molecular weight is 749 g/mol. The number of carbonyl (C=O) groups excluding carboxylic acids is 1. The molecule has 3 aliphatic heterocycles. The van der Waals surface area contributed by atoms with Crippen LogP contribution in [0.1, 0.15) is 94.9 Å². The predicted molar refractivity (Wildman–Crippen MR) is 194 cm³/mol. The van der Waals surface area contributed by atoms with Gasteiger partial charge in [-0.1, -0.05) is 20.8 Å². The van der Waals surface area contributed by atoms with E-state index >= 15 is 0 Å². The second-order valence-electron chi connectivity index (χ2n) is 17.2. The minimum absolute atomic E-state index is 0.133. The summed E-state index contributed by atoms with van der Waals surface area (Å²) in [5.41, 5.74) is -4.37. The van der Waals surface area contributed by atoms with Crippen molar-refractivity contribution in [3.63, 3.8) is 0 Å². The molecule has 3 fully saturated rings. The lowest BCUT2D eigenvalue weighted by molar-refractivity contribution is -0.318. The highest BCUT2D eigenvalue weighted by molar-refractivity contribution is 5.73. The zero-order valence-corrected chi connectivity index (χ0v) is 34.2. The number of aliphatic hydroxyl groups is 5. The van der Waals surface area contributed by atoms with Gasteiger partial charge in [0, 0.05) is 38.1 Å². The quantitative estimate of drug-likeness (QED) is 0.238. The molecule has 0 bridgehead atoms. The van der Waals surface area contributed by atoms with Gasteiger partial charge in [-0.2, -0.15) is 0 Å². The largest absolute Gasteiger partial charge is 0.459 e. The van der Waals surface area contributed by atoms with Crippen molar-refractivity contribution < 1.29 is 58.7 Å². The molecule has 0 aliphatic carbocycles.